The van der Waals surface area contributed by atoms with Crippen molar-refractivity contribution in [1.82, 2.24) is 9.80 Å². The minimum Gasteiger partial charge on any atom is -0.338 e. The van der Waals surface area contributed by atoms with Gasteiger partial charge in [0, 0.05) is 18.8 Å². The van der Waals surface area contributed by atoms with E-state index in [1.807, 2.05) is 4.90 Å². The predicted octanol–water partition coefficient (Wildman–Crippen LogP) is 1.78. The first-order valence-corrected chi connectivity index (χ1v) is 10.4. The van der Waals surface area contributed by atoms with Crippen molar-refractivity contribution in [3.63, 3.8) is 0 Å². The molecule has 2 fully saturated rings. The summed E-state index contributed by atoms with van der Waals surface area (Å²) in [5.41, 5.74) is 0.678. The van der Waals surface area contributed by atoms with Crippen LogP contribution in [0, 0.1) is 5.82 Å². The van der Waals surface area contributed by atoms with Gasteiger partial charge < -0.3 is 20.0 Å². The first kappa shape index (κ1) is 20.3. The van der Waals surface area contributed by atoms with Crippen LogP contribution >= 0.6 is 23.8 Å². The average molecular weight is 414 g/mol. The van der Waals surface area contributed by atoms with Crippen LogP contribution in [0.4, 0.5) is 10.1 Å². The summed E-state index contributed by atoms with van der Waals surface area (Å²) in [6.07, 6.45) is 4.72. The maximum atomic E-state index is 13.3. The molecule has 1 amide bonds. The third kappa shape index (κ3) is 5.77. The molecule has 2 aliphatic rings. The number of benzene rings is 1. The zero-order valence-corrected chi connectivity index (χ0v) is 17.0. The van der Waals surface area contributed by atoms with E-state index < -0.39 is 5.82 Å². The average Bonchev–Trinajstić information content (AvgIpc) is 2.95. The highest BCUT2D eigenvalue weighted by Crippen LogP contribution is 2.19. The van der Waals surface area contributed by atoms with Gasteiger partial charge in [-0.15, -0.1) is 0 Å². The van der Waals surface area contributed by atoms with Crippen LogP contribution in [-0.2, 0) is 4.79 Å². The second-order valence-corrected chi connectivity index (χ2v) is 8.06. The third-order valence-corrected chi connectivity index (χ3v) is 5.94. The number of halogens is 2. The fraction of sp³-hybridized carbons (Fsp3) is 0.579. The molecule has 2 N–H and O–H groups in total. The molecule has 0 aromatic heterocycles. The number of rotatable bonds is 3. The van der Waals surface area contributed by atoms with Crippen LogP contribution in [0.2, 0.25) is 5.02 Å². The van der Waals surface area contributed by atoms with E-state index in [1.165, 1.54) is 29.9 Å². The maximum absolute atomic E-state index is 13.3. The van der Waals surface area contributed by atoms with E-state index in [2.05, 4.69) is 10.2 Å². The molecule has 0 radical (unpaired) electrons. The fourth-order valence-corrected chi connectivity index (χ4v) is 4.11. The summed E-state index contributed by atoms with van der Waals surface area (Å²) in [6, 6.07) is 4.48. The molecule has 27 heavy (non-hydrogen) atoms. The number of thiocarbonyl (C=S) groups is 1. The van der Waals surface area contributed by atoms with E-state index in [0.717, 1.165) is 52.1 Å². The van der Waals surface area contributed by atoms with Gasteiger partial charge in [0.25, 0.3) is 5.91 Å². The van der Waals surface area contributed by atoms with Crippen molar-refractivity contribution in [3.8, 4) is 0 Å². The van der Waals surface area contributed by atoms with Gasteiger partial charge in [0.2, 0.25) is 0 Å². The number of quaternary nitrogens is 1. The molecule has 1 aromatic carbocycles. The standard InChI is InChI=1S/C19H26ClFN4OS/c20-16-13-15(5-6-17(16)21)22-19(27)25-11-9-23(10-12-25)14-18(26)24-7-3-1-2-4-8-24/h5-6,13H,1-4,7-12,14H2,(H,22,27)/p+1. The lowest BCUT2D eigenvalue weighted by molar-refractivity contribution is -0.896. The second-order valence-electron chi connectivity index (χ2n) is 7.27. The lowest BCUT2D eigenvalue weighted by Crippen LogP contribution is -3.15. The van der Waals surface area contributed by atoms with Gasteiger partial charge in [-0.2, -0.15) is 0 Å². The molecule has 1 aromatic rings. The Morgan fingerprint density at radius 2 is 1.78 bits per heavy atom. The number of piperazine rings is 1. The first-order chi connectivity index (χ1) is 13.0. The number of carbonyl (C=O) groups excluding carboxylic acids is 1. The summed E-state index contributed by atoms with van der Waals surface area (Å²) in [5.74, 6) is -0.165. The smallest absolute Gasteiger partial charge is 0.277 e. The van der Waals surface area contributed by atoms with Gasteiger partial charge in [-0.3, -0.25) is 4.79 Å². The maximum Gasteiger partial charge on any atom is 0.277 e. The largest absolute Gasteiger partial charge is 0.338 e. The van der Waals surface area contributed by atoms with Crippen LogP contribution in [0.5, 0.6) is 0 Å². The third-order valence-electron chi connectivity index (χ3n) is 5.29. The Morgan fingerprint density at radius 3 is 2.41 bits per heavy atom. The van der Waals surface area contributed by atoms with Crippen molar-refractivity contribution < 1.29 is 14.1 Å². The Balaban J connectivity index is 1.44. The molecule has 5 nitrogen and oxygen atoms in total. The van der Waals surface area contributed by atoms with Crippen molar-refractivity contribution in [1.29, 1.82) is 0 Å². The molecule has 2 heterocycles. The van der Waals surface area contributed by atoms with Gasteiger partial charge in [-0.25, -0.2) is 4.39 Å². The van der Waals surface area contributed by atoms with Gasteiger partial charge in [-0.05, 0) is 43.3 Å². The molecule has 3 rings (SSSR count). The molecule has 0 spiro atoms. The van der Waals surface area contributed by atoms with Crippen LogP contribution in [0.3, 0.4) is 0 Å². The zero-order chi connectivity index (χ0) is 19.2. The Labute approximate surface area is 170 Å². The predicted molar refractivity (Wildman–Crippen MR) is 110 cm³/mol. The normalized spacial score (nSPS) is 18.9. The summed E-state index contributed by atoms with van der Waals surface area (Å²) in [7, 11) is 0. The van der Waals surface area contributed by atoms with E-state index in [-0.39, 0.29) is 10.9 Å². The fourth-order valence-electron chi connectivity index (χ4n) is 3.62. The van der Waals surface area contributed by atoms with Crippen LogP contribution in [0.15, 0.2) is 18.2 Å². The molecule has 8 heteroatoms. The topological polar surface area (TPSA) is 40.0 Å². The van der Waals surface area contributed by atoms with Gasteiger partial charge in [0.1, 0.15) is 5.82 Å². The highest BCUT2D eigenvalue weighted by molar-refractivity contribution is 7.80. The van der Waals surface area contributed by atoms with E-state index >= 15 is 0 Å². The van der Waals surface area contributed by atoms with Crippen molar-refractivity contribution >= 4 is 40.5 Å². The van der Waals surface area contributed by atoms with E-state index in [0.29, 0.717) is 17.3 Å². The van der Waals surface area contributed by atoms with Crippen molar-refractivity contribution in [2.24, 2.45) is 0 Å². The minimum atomic E-state index is -0.445. The highest BCUT2D eigenvalue weighted by atomic mass is 35.5. The minimum absolute atomic E-state index is 0.0732. The summed E-state index contributed by atoms with van der Waals surface area (Å²) in [4.78, 5) is 18.0. The number of anilines is 1. The highest BCUT2D eigenvalue weighted by Gasteiger charge is 2.26. The Kier molecular flexibility index (Phi) is 7.26. The SMILES string of the molecule is O=C(C[NH+]1CCN(C(=S)Nc2ccc(F)c(Cl)c2)CC1)N1CCCCCC1. The van der Waals surface area contributed by atoms with Crippen LogP contribution in [0.25, 0.3) is 0 Å². The van der Waals surface area contributed by atoms with E-state index in [1.54, 1.807) is 6.07 Å². The van der Waals surface area contributed by atoms with Gasteiger partial charge in [0.15, 0.2) is 11.7 Å². The lowest BCUT2D eigenvalue weighted by Gasteiger charge is -2.34. The van der Waals surface area contributed by atoms with Crippen LogP contribution in [-0.4, -0.2) is 66.6 Å². The monoisotopic (exact) mass is 413 g/mol. The molecule has 0 atom stereocenters. The molecule has 2 saturated heterocycles. The van der Waals surface area contributed by atoms with Gasteiger partial charge >= 0.3 is 0 Å². The molecule has 0 unspecified atom stereocenters. The summed E-state index contributed by atoms with van der Waals surface area (Å²) in [6.45, 7) is 5.74. The van der Waals surface area contributed by atoms with Crippen molar-refractivity contribution in [2.75, 3.05) is 51.1 Å². The summed E-state index contributed by atoms with van der Waals surface area (Å²) in [5, 5.41) is 3.80. The van der Waals surface area contributed by atoms with E-state index in [4.69, 9.17) is 23.8 Å². The van der Waals surface area contributed by atoms with Crippen molar-refractivity contribution in [2.45, 2.75) is 25.7 Å². The number of nitrogens with one attached hydrogen (secondary N) is 2. The van der Waals surface area contributed by atoms with Crippen LogP contribution in [0.1, 0.15) is 25.7 Å². The summed E-state index contributed by atoms with van der Waals surface area (Å²) >= 11 is 11.3. The number of likely N-dealkylation sites (tertiary alicyclic amines) is 1. The number of hydrogen-bond acceptors (Lipinski definition) is 2. The van der Waals surface area contributed by atoms with Gasteiger partial charge in [-0.1, -0.05) is 24.4 Å². The number of nitrogens with zero attached hydrogens (tertiary/aromatic N) is 2. The van der Waals surface area contributed by atoms with Crippen LogP contribution < -0.4 is 10.2 Å². The molecule has 0 aliphatic carbocycles. The second kappa shape index (κ2) is 9.66. The molecule has 0 bridgehead atoms. The Bertz CT molecular complexity index is 674. The number of hydrogen-bond donors (Lipinski definition) is 2. The zero-order valence-electron chi connectivity index (χ0n) is 15.5. The molecular formula is C19H27ClFN4OS+. The first-order valence-electron chi connectivity index (χ1n) is 9.65. The van der Waals surface area contributed by atoms with Gasteiger partial charge in [0.05, 0.1) is 31.2 Å². The number of carbonyl (C=O) groups is 1. The quantitative estimate of drug-likeness (QED) is 0.741. The van der Waals surface area contributed by atoms with Crippen molar-refractivity contribution in [3.05, 3.63) is 29.0 Å². The molecule has 148 valence electrons. The molecular weight excluding hydrogens is 387 g/mol. The lowest BCUT2D eigenvalue weighted by atomic mass is 10.2. The Morgan fingerprint density at radius 1 is 1.11 bits per heavy atom. The Hall–Kier alpha value is -1.44. The summed E-state index contributed by atoms with van der Waals surface area (Å²) < 4.78 is 13.3. The number of amides is 1. The van der Waals surface area contributed by atoms with E-state index in [9.17, 15) is 9.18 Å². The molecule has 2 aliphatic heterocycles. The molecule has 0 saturated carbocycles.